The molecule has 0 fully saturated rings. The van der Waals surface area contributed by atoms with Gasteiger partial charge in [-0.3, -0.25) is 0 Å². The second kappa shape index (κ2) is 25.0. The maximum Gasteiger partial charge on any atom is 0.341 e. The smallest absolute Gasteiger partial charge is 0.127 e. The van der Waals surface area contributed by atoms with Crippen molar-refractivity contribution < 1.29 is 0 Å². The summed E-state index contributed by atoms with van der Waals surface area (Å²) in [5.74, 6) is 0.838. The van der Waals surface area contributed by atoms with Crippen LogP contribution in [0.2, 0.25) is 6.04 Å². The monoisotopic (exact) mass is 518 g/mol. The number of rotatable bonds is 25. The molecular formula is C25H50Cl4Si. The van der Waals surface area contributed by atoms with Crippen molar-refractivity contribution >= 4 is 50.8 Å². The highest BCUT2D eigenvalue weighted by Crippen LogP contribution is 2.27. The average molecular weight is 521 g/mol. The Morgan fingerprint density at radius 2 is 0.500 bits per heavy atom. The van der Waals surface area contributed by atoms with Gasteiger partial charge in [0.05, 0.1) is 0 Å². The number of halogens is 4. The molecule has 30 heavy (non-hydrogen) atoms. The fraction of sp³-hybridized carbons (Fsp3) is 1.00. The standard InChI is InChI=1S/C25H50Cl4Si/c26-24-22-20-18-16-14-12-10-8-6-4-2-1-3-5-7-9-11-13-15-17-19-21-23-25-30(27,28)29/h1-25H2. The molecule has 0 atom stereocenters. The van der Waals surface area contributed by atoms with Crippen LogP contribution in [0.1, 0.15) is 148 Å². The first kappa shape index (κ1) is 31.4. The van der Waals surface area contributed by atoms with Crippen LogP contribution >= 0.6 is 44.8 Å². The summed E-state index contributed by atoms with van der Waals surface area (Å²) < 4.78 is 0. The van der Waals surface area contributed by atoms with Gasteiger partial charge in [-0.15, -0.1) is 44.8 Å². The third kappa shape index (κ3) is 29.4. The largest absolute Gasteiger partial charge is 0.341 e. The van der Waals surface area contributed by atoms with E-state index in [2.05, 4.69) is 0 Å². The summed E-state index contributed by atoms with van der Waals surface area (Å²) in [5.41, 5.74) is 0. The van der Waals surface area contributed by atoms with E-state index in [1.165, 1.54) is 141 Å². The quantitative estimate of drug-likeness (QED) is 0.0486. The minimum atomic E-state index is -2.36. The molecule has 0 spiro atoms. The molecule has 0 aromatic heterocycles. The van der Waals surface area contributed by atoms with Crippen LogP contribution in [0.4, 0.5) is 0 Å². The van der Waals surface area contributed by atoms with E-state index in [1.807, 2.05) is 0 Å². The molecule has 0 aromatic carbocycles. The second-order valence-corrected chi connectivity index (χ2v) is 18.8. The van der Waals surface area contributed by atoms with E-state index in [1.54, 1.807) is 0 Å². The molecule has 0 unspecified atom stereocenters. The molecule has 0 radical (unpaired) electrons. The van der Waals surface area contributed by atoms with E-state index in [-0.39, 0.29) is 0 Å². The molecule has 5 heteroatoms. The number of hydrogen-bond donors (Lipinski definition) is 0. The van der Waals surface area contributed by atoms with Crippen LogP contribution in [0.15, 0.2) is 0 Å². The fourth-order valence-corrected chi connectivity index (χ4v) is 6.17. The lowest BCUT2D eigenvalue weighted by Crippen LogP contribution is -2.07. The van der Waals surface area contributed by atoms with Gasteiger partial charge < -0.3 is 0 Å². The molecule has 0 amide bonds. The maximum absolute atomic E-state index is 5.90. The van der Waals surface area contributed by atoms with Crippen molar-refractivity contribution in [3.05, 3.63) is 0 Å². The zero-order chi connectivity index (χ0) is 22.2. The van der Waals surface area contributed by atoms with Gasteiger partial charge >= 0.3 is 6.00 Å². The highest BCUT2D eigenvalue weighted by atomic mass is 35.8. The first-order valence-electron chi connectivity index (χ1n) is 13.2. The molecule has 0 aliphatic rings. The third-order valence-corrected chi connectivity index (χ3v) is 8.98. The lowest BCUT2D eigenvalue weighted by Gasteiger charge is -2.07. The van der Waals surface area contributed by atoms with Crippen molar-refractivity contribution in [3.8, 4) is 0 Å². The zero-order valence-corrected chi connectivity index (χ0v) is 23.7. The second-order valence-electron chi connectivity index (χ2n) is 9.19. The van der Waals surface area contributed by atoms with Gasteiger partial charge in [0.2, 0.25) is 0 Å². The van der Waals surface area contributed by atoms with Gasteiger partial charge in [0.15, 0.2) is 0 Å². The third-order valence-electron chi connectivity index (χ3n) is 6.09. The number of unbranched alkanes of at least 4 members (excludes halogenated alkanes) is 22. The predicted molar refractivity (Wildman–Crippen MR) is 145 cm³/mol. The highest BCUT2D eigenvalue weighted by Gasteiger charge is 2.23. The minimum Gasteiger partial charge on any atom is -0.127 e. The molecule has 0 heterocycles. The highest BCUT2D eigenvalue weighted by molar-refractivity contribution is 7.64. The first-order chi connectivity index (χ1) is 14.6. The maximum atomic E-state index is 5.90. The fourth-order valence-electron chi connectivity index (χ4n) is 4.13. The number of alkyl halides is 1. The molecule has 0 aromatic rings. The molecule has 0 saturated heterocycles. The Balaban J connectivity index is 3.02. The van der Waals surface area contributed by atoms with Crippen LogP contribution < -0.4 is 0 Å². The Bertz CT molecular complexity index is 321. The summed E-state index contributed by atoms with van der Waals surface area (Å²) in [5, 5.41) is 0. The summed E-state index contributed by atoms with van der Waals surface area (Å²) in [7, 11) is 0. The SMILES string of the molecule is ClCCCCCCCCCCCCCCCCCCCCCCCCC[Si](Cl)(Cl)Cl. The molecule has 0 N–H and O–H groups in total. The molecule has 0 bridgehead atoms. The molecule has 0 rings (SSSR count). The number of hydrogen-bond acceptors (Lipinski definition) is 0. The Kier molecular flexibility index (Phi) is 26.2. The summed E-state index contributed by atoms with van der Waals surface area (Å²) in [6, 6.07) is -1.53. The van der Waals surface area contributed by atoms with Crippen LogP contribution in [0.5, 0.6) is 0 Å². The van der Waals surface area contributed by atoms with Gasteiger partial charge in [-0.05, 0) is 12.5 Å². The molecule has 0 saturated carbocycles. The van der Waals surface area contributed by atoms with Gasteiger partial charge in [0, 0.05) is 5.88 Å². The summed E-state index contributed by atoms with van der Waals surface area (Å²) in [6.45, 7) is 0. The van der Waals surface area contributed by atoms with Crippen molar-refractivity contribution in [2.45, 2.75) is 154 Å². The average Bonchev–Trinajstić information content (AvgIpc) is 2.70. The van der Waals surface area contributed by atoms with E-state index in [9.17, 15) is 0 Å². The van der Waals surface area contributed by atoms with Crippen LogP contribution in [-0.2, 0) is 0 Å². The van der Waals surface area contributed by atoms with Gasteiger partial charge in [-0.25, -0.2) is 0 Å². The minimum absolute atomic E-state index is 0.827. The molecular weight excluding hydrogens is 470 g/mol. The van der Waals surface area contributed by atoms with Crippen molar-refractivity contribution in [2.75, 3.05) is 5.88 Å². The molecule has 0 nitrogen and oxygen atoms in total. The van der Waals surface area contributed by atoms with Gasteiger partial charge in [0.1, 0.15) is 0 Å². The van der Waals surface area contributed by atoms with Crippen molar-refractivity contribution in [3.63, 3.8) is 0 Å². The predicted octanol–water partition coefficient (Wildman–Crippen LogP) is 11.9. The van der Waals surface area contributed by atoms with E-state index >= 15 is 0 Å². The van der Waals surface area contributed by atoms with Crippen molar-refractivity contribution in [1.29, 1.82) is 0 Å². The zero-order valence-electron chi connectivity index (χ0n) is 19.7. The van der Waals surface area contributed by atoms with Crippen molar-refractivity contribution in [2.24, 2.45) is 0 Å². The van der Waals surface area contributed by atoms with E-state index < -0.39 is 6.00 Å². The topological polar surface area (TPSA) is 0 Å². The van der Waals surface area contributed by atoms with E-state index in [4.69, 9.17) is 44.8 Å². The van der Waals surface area contributed by atoms with Gasteiger partial charge in [-0.2, -0.15) is 0 Å². The van der Waals surface area contributed by atoms with Crippen molar-refractivity contribution in [1.82, 2.24) is 0 Å². The Labute approximate surface area is 209 Å². The Morgan fingerprint density at radius 1 is 0.300 bits per heavy atom. The first-order valence-corrected chi connectivity index (χ1v) is 19.0. The van der Waals surface area contributed by atoms with Gasteiger partial charge in [-0.1, -0.05) is 141 Å². The summed E-state index contributed by atoms with van der Waals surface area (Å²) in [6.07, 6.45) is 31.9. The Hall–Kier alpha value is 1.38. The lowest BCUT2D eigenvalue weighted by molar-refractivity contribution is 0.519. The summed E-state index contributed by atoms with van der Waals surface area (Å²) in [4.78, 5) is 0. The van der Waals surface area contributed by atoms with Crippen LogP contribution in [0, 0.1) is 0 Å². The van der Waals surface area contributed by atoms with Gasteiger partial charge in [0.25, 0.3) is 0 Å². The molecule has 0 aliphatic heterocycles. The van der Waals surface area contributed by atoms with Crippen LogP contribution in [-0.4, -0.2) is 11.9 Å². The van der Waals surface area contributed by atoms with Crippen LogP contribution in [0.25, 0.3) is 0 Å². The molecule has 182 valence electrons. The van der Waals surface area contributed by atoms with E-state index in [0.29, 0.717) is 0 Å². The summed E-state index contributed by atoms with van der Waals surface area (Å²) >= 11 is 23.4. The Morgan fingerprint density at radius 3 is 0.700 bits per heavy atom. The normalized spacial score (nSPS) is 12.0. The van der Waals surface area contributed by atoms with Crippen LogP contribution in [0.3, 0.4) is 0 Å². The molecule has 0 aliphatic carbocycles. The lowest BCUT2D eigenvalue weighted by atomic mass is 10.0. The van der Waals surface area contributed by atoms with E-state index in [0.717, 1.165) is 18.3 Å².